The molecule has 22 heavy (non-hydrogen) atoms. The van der Waals surface area contributed by atoms with E-state index >= 15 is 0 Å². The van der Waals surface area contributed by atoms with Crippen molar-refractivity contribution in [2.45, 2.75) is 39.0 Å². The molecule has 0 aliphatic carbocycles. The molecule has 0 atom stereocenters. The Hall–Kier alpha value is -1.89. The lowest BCUT2D eigenvalue weighted by atomic mass is 9.80. The van der Waals surface area contributed by atoms with Gasteiger partial charge in [-0.2, -0.15) is 5.10 Å². The normalized spacial score (nSPS) is 18.0. The number of amides is 1. The van der Waals surface area contributed by atoms with Crippen LogP contribution >= 0.6 is 0 Å². The van der Waals surface area contributed by atoms with E-state index in [0.29, 0.717) is 26.1 Å². The van der Waals surface area contributed by atoms with Crippen LogP contribution in [0.1, 0.15) is 49.8 Å². The third-order valence-corrected chi connectivity index (χ3v) is 4.11. The highest BCUT2D eigenvalue weighted by molar-refractivity contribution is 5.92. The second kappa shape index (κ2) is 6.08. The summed E-state index contributed by atoms with van der Waals surface area (Å²) in [6.45, 7) is 6.94. The van der Waals surface area contributed by atoms with Crippen LogP contribution in [0, 0.1) is 5.41 Å². The number of aromatic amines is 1. The van der Waals surface area contributed by atoms with Gasteiger partial charge in [0, 0.05) is 30.9 Å². The van der Waals surface area contributed by atoms with Crippen molar-refractivity contribution in [3.05, 3.63) is 17.5 Å². The molecule has 0 radical (unpaired) electrons. The minimum absolute atomic E-state index is 0.0856. The SMILES string of the molecule is CC(C)(C)c1cc(C(=O)NCC2(C(=O)O)CCOCC2)n[nH]1. The fraction of sp³-hybridized carbons (Fsp3) is 0.667. The van der Waals surface area contributed by atoms with E-state index in [1.54, 1.807) is 6.07 Å². The number of hydrogen-bond acceptors (Lipinski definition) is 4. The van der Waals surface area contributed by atoms with Crippen molar-refractivity contribution in [1.82, 2.24) is 15.5 Å². The van der Waals surface area contributed by atoms with Gasteiger partial charge in [0.05, 0.1) is 5.41 Å². The highest BCUT2D eigenvalue weighted by Crippen LogP contribution is 2.30. The van der Waals surface area contributed by atoms with Crippen LogP contribution in [-0.2, 0) is 14.9 Å². The summed E-state index contributed by atoms with van der Waals surface area (Å²) < 4.78 is 5.21. The van der Waals surface area contributed by atoms with E-state index in [9.17, 15) is 14.7 Å². The van der Waals surface area contributed by atoms with Crippen LogP contribution in [0.2, 0.25) is 0 Å². The van der Waals surface area contributed by atoms with Crippen LogP contribution in [0.5, 0.6) is 0 Å². The first-order valence-electron chi connectivity index (χ1n) is 7.40. The molecule has 1 aliphatic rings. The third kappa shape index (κ3) is 3.47. The van der Waals surface area contributed by atoms with Crippen LogP contribution in [0.4, 0.5) is 0 Å². The number of carboxylic acid groups (broad SMARTS) is 1. The van der Waals surface area contributed by atoms with Crippen molar-refractivity contribution in [2.24, 2.45) is 5.41 Å². The molecule has 1 aromatic rings. The molecule has 0 aromatic carbocycles. The molecule has 2 heterocycles. The second-order valence-electron chi connectivity index (χ2n) is 6.80. The molecule has 0 spiro atoms. The Bertz CT molecular complexity index is 553. The molecule has 1 saturated heterocycles. The van der Waals surface area contributed by atoms with E-state index in [1.165, 1.54) is 0 Å². The average Bonchev–Trinajstić information content (AvgIpc) is 2.95. The number of rotatable bonds is 4. The smallest absolute Gasteiger partial charge is 0.311 e. The molecule has 1 amide bonds. The zero-order valence-corrected chi connectivity index (χ0v) is 13.2. The van der Waals surface area contributed by atoms with Crippen LogP contribution in [-0.4, -0.2) is 46.9 Å². The Morgan fingerprint density at radius 2 is 2.05 bits per heavy atom. The minimum atomic E-state index is -0.947. The summed E-state index contributed by atoms with van der Waals surface area (Å²) in [6.07, 6.45) is 0.798. The first-order chi connectivity index (χ1) is 10.2. The van der Waals surface area contributed by atoms with Gasteiger partial charge in [0.25, 0.3) is 5.91 Å². The summed E-state index contributed by atoms with van der Waals surface area (Å²) in [5.74, 6) is -1.26. The van der Waals surface area contributed by atoms with E-state index < -0.39 is 11.4 Å². The lowest BCUT2D eigenvalue weighted by molar-refractivity contribution is -0.154. The number of hydrogen-bond donors (Lipinski definition) is 3. The quantitative estimate of drug-likeness (QED) is 0.778. The standard InChI is InChI=1S/C15H23N3O4/c1-14(2,3)11-8-10(17-18-11)12(19)16-9-15(13(20)21)4-6-22-7-5-15/h8H,4-7,9H2,1-3H3,(H,16,19)(H,17,18)(H,20,21). The maximum absolute atomic E-state index is 12.2. The van der Waals surface area contributed by atoms with E-state index in [4.69, 9.17) is 4.74 Å². The molecule has 0 unspecified atom stereocenters. The lowest BCUT2D eigenvalue weighted by Gasteiger charge is -2.32. The van der Waals surface area contributed by atoms with Crippen molar-refractivity contribution in [3.63, 3.8) is 0 Å². The monoisotopic (exact) mass is 309 g/mol. The summed E-state index contributed by atoms with van der Waals surface area (Å²) in [7, 11) is 0. The second-order valence-corrected chi connectivity index (χ2v) is 6.80. The molecular weight excluding hydrogens is 286 g/mol. The molecule has 1 aliphatic heterocycles. The van der Waals surface area contributed by atoms with Gasteiger partial charge in [0.15, 0.2) is 0 Å². The maximum atomic E-state index is 12.2. The van der Waals surface area contributed by atoms with Gasteiger partial charge >= 0.3 is 5.97 Å². The Kier molecular flexibility index (Phi) is 4.55. The lowest BCUT2D eigenvalue weighted by Crippen LogP contribution is -2.46. The Labute approximate surface area is 129 Å². The van der Waals surface area contributed by atoms with Gasteiger partial charge in [-0.25, -0.2) is 0 Å². The molecule has 7 heteroatoms. The van der Waals surface area contributed by atoms with Crippen LogP contribution in [0.25, 0.3) is 0 Å². The Morgan fingerprint density at radius 3 is 2.55 bits per heavy atom. The number of aromatic nitrogens is 2. The number of carbonyl (C=O) groups is 2. The minimum Gasteiger partial charge on any atom is -0.481 e. The molecule has 3 N–H and O–H groups in total. The Morgan fingerprint density at radius 1 is 1.41 bits per heavy atom. The van der Waals surface area contributed by atoms with Crippen molar-refractivity contribution in [3.8, 4) is 0 Å². The fourth-order valence-electron chi connectivity index (χ4n) is 2.39. The van der Waals surface area contributed by atoms with Crippen molar-refractivity contribution in [2.75, 3.05) is 19.8 Å². The van der Waals surface area contributed by atoms with Crippen LogP contribution < -0.4 is 5.32 Å². The van der Waals surface area contributed by atoms with E-state index in [2.05, 4.69) is 15.5 Å². The zero-order chi connectivity index (χ0) is 16.4. The molecule has 0 bridgehead atoms. The number of H-pyrrole nitrogens is 1. The fourth-order valence-corrected chi connectivity index (χ4v) is 2.39. The Balaban J connectivity index is 2.02. The molecular formula is C15H23N3O4. The van der Waals surface area contributed by atoms with Gasteiger partial charge < -0.3 is 15.2 Å². The largest absolute Gasteiger partial charge is 0.481 e. The molecule has 1 aromatic heterocycles. The van der Waals surface area contributed by atoms with E-state index in [-0.39, 0.29) is 23.6 Å². The van der Waals surface area contributed by atoms with Gasteiger partial charge in [-0.3, -0.25) is 14.7 Å². The van der Waals surface area contributed by atoms with E-state index in [0.717, 1.165) is 5.69 Å². The van der Waals surface area contributed by atoms with Crippen molar-refractivity contribution < 1.29 is 19.4 Å². The average molecular weight is 309 g/mol. The number of ether oxygens (including phenoxy) is 1. The first-order valence-corrected chi connectivity index (χ1v) is 7.40. The van der Waals surface area contributed by atoms with Crippen molar-refractivity contribution in [1.29, 1.82) is 0 Å². The van der Waals surface area contributed by atoms with Gasteiger partial charge in [-0.1, -0.05) is 20.8 Å². The number of nitrogens with one attached hydrogen (secondary N) is 2. The number of nitrogens with zero attached hydrogens (tertiary/aromatic N) is 1. The predicted molar refractivity (Wildman–Crippen MR) is 79.7 cm³/mol. The molecule has 1 fully saturated rings. The summed E-state index contributed by atoms with van der Waals surface area (Å²) in [6, 6.07) is 1.70. The highest BCUT2D eigenvalue weighted by Gasteiger charge is 2.40. The highest BCUT2D eigenvalue weighted by atomic mass is 16.5. The molecule has 0 saturated carbocycles. The third-order valence-electron chi connectivity index (χ3n) is 4.11. The predicted octanol–water partition coefficient (Wildman–Crippen LogP) is 1.32. The van der Waals surface area contributed by atoms with Gasteiger partial charge in [-0.15, -0.1) is 0 Å². The van der Waals surface area contributed by atoms with Crippen LogP contribution in [0.3, 0.4) is 0 Å². The molecule has 2 rings (SSSR count). The maximum Gasteiger partial charge on any atom is 0.311 e. The van der Waals surface area contributed by atoms with Crippen LogP contribution in [0.15, 0.2) is 6.07 Å². The summed E-state index contributed by atoms with van der Waals surface area (Å²) in [4.78, 5) is 23.7. The zero-order valence-electron chi connectivity index (χ0n) is 13.2. The number of aliphatic carboxylic acids is 1. The summed E-state index contributed by atoms with van der Waals surface area (Å²) >= 11 is 0. The summed E-state index contributed by atoms with van der Waals surface area (Å²) in [5, 5.41) is 19.0. The summed E-state index contributed by atoms with van der Waals surface area (Å²) in [5.41, 5.74) is 0.0557. The van der Waals surface area contributed by atoms with E-state index in [1.807, 2.05) is 20.8 Å². The number of carboxylic acids is 1. The van der Waals surface area contributed by atoms with Gasteiger partial charge in [0.2, 0.25) is 0 Å². The topological polar surface area (TPSA) is 104 Å². The van der Waals surface area contributed by atoms with Gasteiger partial charge in [0.1, 0.15) is 5.69 Å². The first kappa shape index (κ1) is 16.5. The number of carbonyl (C=O) groups excluding carboxylic acids is 1. The van der Waals surface area contributed by atoms with Crippen molar-refractivity contribution >= 4 is 11.9 Å². The molecule has 7 nitrogen and oxygen atoms in total. The molecule has 122 valence electrons. The van der Waals surface area contributed by atoms with Gasteiger partial charge in [-0.05, 0) is 18.9 Å².